The lowest BCUT2D eigenvalue weighted by Crippen LogP contribution is -2.67. The highest BCUT2D eigenvalue weighted by molar-refractivity contribution is 7.94. The molecule has 3 aliphatic heterocycles. The molecule has 1 amide bonds. The standard InChI is InChI=1S/C27H29ClN4O6S2/c1-38-19-27-18-31(39(34,35)24-5-3-20-14-22(28)4-2-21(20)15-24)16-25(33)32(27)17-26(40(27,36)37)8-12-30(13-9-26)23-6-10-29-11-7-23/h2-7,10-11,14-15H,8-9,12-13,16-19H2,1H3. The van der Waals surface area contributed by atoms with E-state index in [1.165, 1.54) is 24.1 Å². The zero-order valence-electron chi connectivity index (χ0n) is 21.9. The van der Waals surface area contributed by atoms with Gasteiger partial charge in [0, 0.05) is 49.8 Å². The molecule has 40 heavy (non-hydrogen) atoms. The van der Waals surface area contributed by atoms with E-state index in [4.69, 9.17) is 16.3 Å². The maximum absolute atomic E-state index is 14.5. The number of hydrogen-bond donors (Lipinski definition) is 0. The van der Waals surface area contributed by atoms with E-state index in [9.17, 15) is 21.6 Å². The summed E-state index contributed by atoms with van der Waals surface area (Å²) in [6, 6.07) is 13.5. The van der Waals surface area contributed by atoms with Gasteiger partial charge in [0.2, 0.25) is 15.9 Å². The summed E-state index contributed by atoms with van der Waals surface area (Å²) < 4.78 is 61.9. The van der Waals surface area contributed by atoms with Crippen LogP contribution in [0.25, 0.3) is 10.8 Å². The van der Waals surface area contributed by atoms with Crippen LogP contribution in [0.2, 0.25) is 5.02 Å². The van der Waals surface area contributed by atoms with Crippen LogP contribution in [-0.2, 0) is 29.4 Å². The first-order valence-corrected chi connectivity index (χ1v) is 16.2. The monoisotopic (exact) mass is 604 g/mol. The number of methoxy groups -OCH3 is 1. The van der Waals surface area contributed by atoms with Gasteiger partial charge in [-0.05, 0) is 60.0 Å². The Morgan fingerprint density at radius 1 is 1.00 bits per heavy atom. The molecule has 0 bridgehead atoms. The minimum Gasteiger partial charge on any atom is -0.381 e. The van der Waals surface area contributed by atoms with Gasteiger partial charge in [0.05, 0.1) is 29.3 Å². The molecule has 212 valence electrons. The highest BCUT2D eigenvalue weighted by Crippen LogP contribution is 2.49. The second-order valence-corrected chi connectivity index (χ2v) is 15.7. The van der Waals surface area contributed by atoms with Crippen molar-refractivity contribution < 1.29 is 26.4 Å². The number of carbonyl (C=O) groups is 1. The van der Waals surface area contributed by atoms with Crippen LogP contribution in [0.3, 0.4) is 0 Å². The molecule has 1 aromatic heterocycles. The molecule has 0 N–H and O–H groups in total. The van der Waals surface area contributed by atoms with Crippen LogP contribution < -0.4 is 4.90 Å². The number of piperidine rings is 1. The van der Waals surface area contributed by atoms with E-state index in [0.29, 0.717) is 36.3 Å². The van der Waals surface area contributed by atoms with Crippen LogP contribution in [0, 0.1) is 0 Å². The fourth-order valence-corrected chi connectivity index (χ4v) is 11.0. The van der Waals surface area contributed by atoms with Gasteiger partial charge < -0.3 is 14.5 Å². The molecule has 0 aliphatic carbocycles. The number of halogens is 1. The summed E-state index contributed by atoms with van der Waals surface area (Å²) in [5.41, 5.74) is 0.954. The van der Waals surface area contributed by atoms with Gasteiger partial charge in [-0.25, -0.2) is 16.8 Å². The van der Waals surface area contributed by atoms with Gasteiger partial charge in [0.1, 0.15) is 0 Å². The number of benzene rings is 2. The Balaban J connectivity index is 1.34. The Morgan fingerprint density at radius 2 is 1.68 bits per heavy atom. The van der Waals surface area contributed by atoms with E-state index >= 15 is 0 Å². The van der Waals surface area contributed by atoms with Crippen molar-refractivity contribution in [3.05, 3.63) is 65.9 Å². The van der Waals surface area contributed by atoms with Crippen molar-refractivity contribution in [1.82, 2.24) is 14.2 Å². The smallest absolute Gasteiger partial charge is 0.243 e. The van der Waals surface area contributed by atoms with E-state index in [2.05, 4.69) is 9.88 Å². The Labute approximate surface area is 238 Å². The molecule has 1 spiro atoms. The number of sulfone groups is 1. The van der Waals surface area contributed by atoms with E-state index < -0.39 is 48.5 Å². The fraction of sp³-hybridized carbons (Fsp3) is 0.407. The summed E-state index contributed by atoms with van der Waals surface area (Å²) in [5.74, 6) is -0.545. The summed E-state index contributed by atoms with van der Waals surface area (Å²) in [6.45, 7) is -0.173. The van der Waals surface area contributed by atoms with Gasteiger partial charge >= 0.3 is 0 Å². The maximum Gasteiger partial charge on any atom is 0.243 e. The number of ether oxygens (including phenoxy) is 1. The van der Waals surface area contributed by atoms with Gasteiger partial charge in [0.15, 0.2) is 14.7 Å². The van der Waals surface area contributed by atoms with Crippen LogP contribution in [-0.4, -0.2) is 93.0 Å². The normalized spacial score (nSPS) is 24.5. The van der Waals surface area contributed by atoms with Gasteiger partial charge in [-0.1, -0.05) is 23.7 Å². The number of rotatable bonds is 5. The Kier molecular flexibility index (Phi) is 6.62. The van der Waals surface area contributed by atoms with Crippen molar-refractivity contribution in [3.63, 3.8) is 0 Å². The quantitative estimate of drug-likeness (QED) is 0.436. The molecule has 4 heterocycles. The Bertz CT molecular complexity index is 1690. The van der Waals surface area contributed by atoms with Crippen molar-refractivity contribution >= 4 is 53.8 Å². The molecule has 10 nitrogen and oxygen atoms in total. The molecule has 1 unspecified atom stereocenters. The maximum atomic E-state index is 14.5. The first-order chi connectivity index (χ1) is 19.0. The number of fused-ring (bicyclic) bond motifs is 2. The predicted octanol–water partition coefficient (Wildman–Crippen LogP) is 2.53. The van der Waals surface area contributed by atoms with E-state index in [-0.39, 0.29) is 18.0 Å². The van der Waals surface area contributed by atoms with Gasteiger partial charge in [-0.3, -0.25) is 9.78 Å². The number of sulfonamides is 1. The number of hydrogen-bond acceptors (Lipinski definition) is 8. The molecule has 2 aromatic carbocycles. The highest BCUT2D eigenvalue weighted by atomic mass is 35.5. The third-order valence-corrected chi connectivity index (χ3v) is 13.7. The molecule has 0 radical (unpaired) electrons. The molecule has 1 atom stereocenters. The van der Waals surface area contributed by atoms with Gasteiger partial charge in [-0.2, -0.15) is 4.31 Å². The molecule has 3 aromatic rings. The van der Waals surface area contributed by atoms with Crippen LogP contribution in [0.4, 0.5) is 5.69 Å². The average molecular weight is 605 g/mol. The first kappa shape index (κ1) is 27.4. The topological polar surface area (TPSA) is 117 Å². The lowest BCUT2D eigenvalue weighted by molar-refractivity contribution is -0.140. The summed E-state index contributed by atoms with van der Waals surface area (Å²) in [5, 5.41) is 1.95. The summed E-state index contributed by atoms with van der Waals surface area (Å²) in [6.07, 6.45) is 4.01. The van der Waals surface area contributed by atoms with Crippen LogP contribution in [0.15, 0.2) is 65.8 Å². The number of carbonyl (C=O) groups excluding carboxylic acids is 1. The summed E-state index contributed by atoms with van der Waals surface area (Å²) in [7, 11) is -6.91. The molecule has 13 heteroatoms. The molecule has 6 rings (SSSR count). The van der Waals surface area contributed by atoms with E-state index in [1.54, 1.807) is 36.7 Å². The zero-order chi connectivity index (χ0) is 28.3. The lowest BCUT2D eigenvalue weighted by atomic mass is 9.94. The molecular weight excluding hydrogens is 576 g/mol. The van der Waals surface area contributed by atoms with Crippen molar-refractivity contribution in [3.8, 4) is 0 Å². The second-order valence-electron chi connectivity index (χ2n) is 10.7. The predicted molar refractivity (Wildman–Crippen MR) is 151 cm³/mol. The number of aromatic nitrogens is 1. The zero-order valence-corrected chi connectivity index (χ0v) is 24.3. The number of pyridine rings is 1. The van der Waals surface area contributed by atoms with E-state index in [0.717, 1.165) is 15.4 Å². The highest BCUT2D eigenvalue weighted by Gasteiger charge is 2.70. The molecular formula is C27H29ClN4O6S2. The largest absolute Gasteiger partial charge is 0.381 e. The summed E-state index contributed by atoms with van der Waals surface area (Å²) >= 11 is 6.07. The third-order valence-electron chi connectivity index (χ3n) is 8.53. The molecule has 3 aliphatic rings. The summed E-state index contributed by atoms with van der Waals surface area (Å²) in [4.78, 5) is 19.2. The first-order valence-electron chi connectivity index (χ1n) is 12.9. The van der Waals surface area contributed by atoms with Crippen LogP contribution >= 0.6 is 11.6 Å². The van der Waals surface area contributed by atoms with Crippen molar-refractivity contribution in [2.75, 3.05) is 51.3 Å². The van der Waals surface area contributed by atoms with Crippen molar-refractivity contribution in [2.24, 2.45) is 0 Å². The Morgan fingerprint density at radius 3 is 2.38 bits per heavy atom. The van der Waals surface area contributed by atoms with Crippen molar-refractivity contribution in [2.45, 2.75) is 27.4 Å². The van der Waals surface area contributed by atoms with Gasteiger partial charge in [0.25, 0.3) is 0 Å². The lowest BCUT2D eigenvalue weighted by Gasteiger charge is -2.44. The molecule has 3 fully saturated rings. The van der Waals surface area contributed by atoms with Crippen molar-refractivity contribution in [1.29, 1.82) is 0 Å². The number of nitrogens with zero attached hydrogens (tertiary/aromatic N) is 4. The van der Waals surface area contributed by atoms with E-state index in [1.807, 2.05) is 12.1 Å². The second kappa shape index (κ2) is 9.66. The molecule has 0 saturated carbocycles. The van der Waals surface area contributed by atoms with Crippen LogP contribution in [0.5, 0.6) is 0 Å². The molecule has 3 saturated heterocycles. The average Bonchev–Trinajstić information content (AvgIpc) is 3.13. The van der Waals surface area contributed by atoms with Crippen LogP contribution in [0.1, 0.15) is 12.8 Å². The Hall–Kier alpha value is -2.77. The fourth-order valence-electron chi connectivity index (χ4n) is 6.37. The van der Waals surface area contributed by atoms with Gasteiger partial charge in [-0.15, -0.1) is 0 Å². The number of amides is 1. The SMILES string of the molecule is COCC12CN(S(=O)(=O)c3ccc4cc(Cl)ccc4c3)CC(=O)N1CC1(CCN(c3ccncc3)CC1)S2(=O)=O. The minimum atomic E-state index is -4.21. The number of anilines is 1. The third kappa shape index (κ3) is 4.03. The minimum absolute atomic E-state index is 0.0202. The number of piperazine rings is 1.